The maximum absolute atomic E-state index is 12.6. The first kappa shape index (κ1) is 21.1. The zero-order valence-electron chi connectivity index (χ0n) is 17.6. The van der Waals surface area contributed by atoms with E-state index >= 15 is 0 Å². The van der Waals surface area contributed by atoms with E-state index in [1.54, 1.807) is 18.0 Å². The molecule has 31 heavy (non-hydrogen) atoms. The number of aromatic nitrogens is 4. The molecule has 8 heteroatoms. The molecule has 0 bridgehead atoms. The van der Waals surface area contributed by atoms with Gasteiger partial charge in [0.2, 0.25) is 5.91 Å². The van der Waals surface area contributed by atoms with E-state index in [4.69, 9.17) is 4.74 Å². The topological polar surface area (TPSA) is 74.0 Å². The average Bonchev–Trinajstić information content (AvgIpc) is 3.34. The number of fused-ring (bicyclic) bond motifs is 1. The van der Waals surface area contributed by atoms with Crippen molar-refractivity contribution in [1.29, 1.82) is 0 Å². The smallest absolute Gasteiger partial charge is 0.235 e. The van der Waals surface area contributed by atoms with E-state index in [-0.39, 0.29) is 11.7 Å². The van der Waals surface area contributed by atoms with Gasteiger partial charge in [0.1, 0.15) is 5.82 Å². The molecule has 0 saturated carbocycles. The maximum atomic E-state index is 12.6. The first-order chi connectivity index (χ1) is 15.1. The molecule has 0 saturated heterocycles. The third kappa shape index (κ3) is 5.15. The zero-order valence-corrected chi connectivity index (χ0v) is 18.4. The van der Waals surface area contributed by atoms with Gasteiger partial charge in [0, 0.05) is 19.7 Å². The molecule has 2 aromatic heterocycles. The van der Waals surface area contributed by atoms with Crippen LogP contribution in [0.15, 0.2) is 66.0 Å². The largest absolute Gasteiger partial charge is 0.383 e. The highest BCUT2D eigenvalue weighted by Crippen LogP contribution is 2.24. The Bertz CT molecular complexity index is 1180. The number of carbonyl (C=O) groups is 1. The fourth-order valence-electron chi connectivity index (χ4n) is 3.42. The summed E-state index contributed by atoms with van der Waals surface area (Å²) in [6.07, 6.45) is 1.70. The van der Waals surface area contributed by atoms with Crippen LogP contribution in [-0.4, -0.2) is 44.7 Å². The van der Waals surface area contributed by atoms with Crippen LogP contribution in [0.1, 0.15) is 11.1 Å². The SMILES string of the molecule is COCCn1c(SCC(=O)Nc2ccnn2Cc2cccc(C)c2)nc2ccccc21. The maximum Gasteiger partial charge on any atom is 0.235 e. The van der Waals surface area contributed by atoms with Crippen molar-refractivity contribution in [3.8, 4) is 0 Å². The van der Waals surface area contributed by atoms with Crippen LogP contribution in [0.5, 0.6) is 0 Å². The fourth-order valence-corrected chi connectivity index (χ4v) is 4.26. The summed E-state index contributed by atoms with van der Waals surface area (Å²) < 4.78 is 9.13. The molecule has 2 aromatic carbocycles. The second kappa shape index (κ2) is 9.80. The number of rotatable bonds is 9. The molecule has 0 aliphatic heterocycles. The first-order valence-corrected chi connectivity index (χ1v) is 11.1. The Morgan fingerprint density at radius 1 is 1.16 bits per heavy atom. The summed E-state index contributed by atoms with van der Waals surface area (Å²) in [7, 11) is 1.68. The van der Waals surface area contributed by atoms with Gasteiger partial charge in [-0.05, 0) is 24.6 Å². The van der Waals surface area contributed by atoms with Crippen molar-refractivity contribution in [2.75, 3.05) is 24.8 Å². The standard InChI is InChI=1S/C23H25N5O2S/c1-17-6-5-7-18(14-17)15-28-21(10-11-24-28)26-22(29)16-31-23-25-19-8-3-4-9-20(19)27(23)12-13-30-2/h3-11,14H,12-13,15-16H2,1-2H3,(H,26,29). The van der Waals surface area contributed by atoms with Crippen molar-refractivity contribution in [2.45, 2.75) is 25.2 Å². The van der Waals surface area contributed by atoms with Gasteiger partial charge < -0.3 is 14.6 Å². The average molecular weight is 436 g/mol. The summed E-state index contributed by atoms with van der Waals surface area (Å²) in [5, 5.41) is 8.13. The van der Waals surface area contributed by atoms with Gasteiger partial charge in [0.25, 0.3) is 0 Å². The number of ether oxygens (including phenoxy) is 1. The number of hydrogen-bond donors (Lipinski definition) is 1. The number of amides is 1. The number of nitrogens with zero attached hydrogens (tertiary/aromatic N) is 4. The Morgan fingerprint density at radius 3 is 2.87 bits per heavy atom. The second-order valence-electron chi connectivity index (χ2n) is 7.23. The van der Waals surface area contributed by atoms with Crippen molar-refractivity contribution in [2.24, 2.45) is 0 Å². The van der Waals surface area contributed by atoms with E-state index in [1.807, 2.05) is 36.4 Å². The number of imidazole rings is 1. The first-order valence-electron chi connectivity index (χ1n) is 10.1. The van der Waals surface area contributed by atoms with Gasteiger partial charge >= 0.3 is 0 Å². The Balaban J connectivity index is 1.42. The predicted octanol–water partition coefficient (Wildman–Crippen LogP) is 3.97. The highest BCUT2D eigenvalue weighted by Gasteiger charge is 2.14. The highest BCUT2D eigenvalue weighted by atomic mass is 32.2. The van der Waals surface area contributed by atoms with E-state index in [9.17, 15) is 4.79 Å². The van der Waals surface area contributed by atoms with Crippen LogP contribution in [0, 0.1) is 6.92 Å². The molecule has 0 unspecified atom stereocenters. The van der Waals surface area contributed by atoms with E-state index in [0.717, 1.165) is 21.8 Å². The van der Waals surface area contributed by atoms with Crippen molar-refractivity contribution in [1.82, 2.24) is 19.3 Å². The molecule has 1 amide bonds. The summed E-state index contributed by atoms with van der Waals surface area (Å²) >= 11 is 1.42. The van der Waals surface area contributed by atoms with Crippen molar-refractivity contribution >= 4 is 34.5 Å². The number of aryl methyl sites for hydroxylation is 1. The minimum Gasteiger partial charge on any atom is -0.383 e. The molecule has 160 valence electrons. The van der Waals surface area contributed by atoms with Crippen LogP contribution in [-0.2, 0) is 22.6 Å². The molecule has 0 aliphatic rings. The molecule has 1 N–H and O–H groups in total. The van der Waals surface area contributed by atoms with Gasteiger partial charge in [-0.15, -0.1) is 0 Å². The Morgan fingerprint density at radius 2 is 2.03 bits per heavy atom. The number of nitrogens with one attached hydrogen (secondary N) is 1. The van der Waals surface area contributed by atoms with Gasteiger partial charge in [-0.1, -0.05) is 53.7 Å². The van der Waals surface area contributed by atoms with Gasteiger partial charge in [0.05, 0.1) is 36.1 Å². The predicted molar refractivity (Wildman–Crippen MR) is 123 cm³/mol. The Kier molecular flexibility index (Phi) is 6.69. The zero-order chi connectivity index (χ0) is 21.6. The minimum atomic E-state index is -0.0960. The number of thioether (sulfide) groups is 1. The van der Waals surface area contributed by atoms with E-state index in [0.29, 0.717) is 25.5 Å². The highest BCUT2D eigenvalue weighted by molar-refractivity contribution is 7.99. The van der Waals surface area contributed by atoms with Gasteiger partial charge in [-0.2, -0.15) is 5.10 Å². The third-order valence-electron chi connectivity index (χ3n) is 4.87. The molecular weight excluding hydrogens is 410 g/mol. The van der Waals surface area contributed by atoms with Gasteiger partial charge in [0.15, 0.2) is 5.16 Å². The van der Waals surface area contributed by atoms with Crippen molar-refractivity contribution in [3.63, 3.8) is 0 Å². The lowest BCUT2D eigenvalue weighted by molar-refractivity contribution is -0.113. The summed E-state index contributed by atoms with van der Waals surface area (Å²) in [6, 6.07) is 18.0. The summed E-state index contributed by atoms with van der Waals surface area (Å²) in [5.41, 5.74) is 4.29. The van der Waals surface area contributed by atoms with Crippen LogP contribution < -0.4 is 5.32 Å². The third-order valence-corrected chi connectivity index (χ3v) is 5.85. The lowest BCUT2D eigenvalue weighted by Gasteiger charge is -2.10. The lowest BCUT2D eigenvalue weighted by Crippen LogP contribution is -2.18. The molecule has 0 atom stereocenters. The Labute approximate surface area is 185 Å². The van der Waals surface area contributed by atoms with Crippen LogP contribution >= 0.6 is 11.8 Å². The molecular formula is C23H25N5O2S. The van der Waals surface area contributed by atoms with E-state index in [2.05, 4.69) is 45.1 Å². The molecule has 4 aromatic rings. The molecule has 4 rings (SSSR count). The Hall–Kier alpha value is -3.10. The van der Waals surface area contributed by atoms with Crippen LogP contribution in [0.3, 0.4) is 0 Å². The van der Waals surface area contributed by atoms with E-state index < -0.39 is 0 Å². The molecule has 7 nitrogen and oxygen atoms in total. The summed E-state index contributed by atoms with van der Waals surface area (Å²) in [6.45, 7) is 3.93. The normalized spacial score (nSPS) is 11.2. The number of benzene rings is 2. The van der Waals surface area contributed by atoms with Gasteiger partial charge in [-0.3, -0.25) is 4.79 Å². The number of methoxy groups -OCH3 is 1. The molecule has 0 fully saturated rings. The van der Waals surface area contributed by atoms with Crippen LogP contribution in [0.4, 0.5) is 5.82 Å². The molecule has 0 aliphatic carbocycles. The molecule has 0 spiro atoms. The number of carbonyl (C=O) groups excluding carboxylic acids is 1. The summed E-state index contributed by atoms with van der Waals surface area (Å²) in [5.74, 6) is 0.840. The van der Waals surface area contributed by atoms with Crippen molar-refractivity contribution in [3.05, 3.63) is 71.9 Å². The number of hydrogen-bond acceptors (Lipinski definition) is 5. The van der Waals surface area contributed by atoms with Gasteiger partial charge in [-0.25, -0.2) is 9.67 Å². The lowest BCUT2D eigenvalue weighted by atomic mass is 10.1. The van der Waals surface area contributed by atoms with E-state index in [1.165, 1.54) is 17.3 Å². The number of anilines is 1. The van der Waals surface area contributed by atoms with Crippen LogP contribution in [0.2, 0.25) is 0 Å². The molecule has 2 heterocycles. The quantitative estimate of drug-likeness (QED) is 0.403. The fraction of sp³-hybridized carbons (Fsp3) is 0.261. The minimum absolute atomic E-state index is 0.0960. The van der Waals surface area contributed by atoms with Crippen molar-refractivity contribution < 1.29 is 9.53 Å². The van der Waals surface area contributed by atoms with Crippen LogP contribution in [0.25, 0.3) is 11.0 Å². The second-order valence-corrected chi connectivity index (χ2v) is 8.17. The summed E-state index contributed by atoms with van der Waals surface area (Å²) in [4.78, 5) is 17.3. The number of para-hydroxylation sites is 2. The monoisotopic (exact) mass is 435 g/mol. The molecule has 0 radical (unpaired) electrons.